The highest BCUT2D eigenvalue weighted by atomic mass is 16.2. The zero-order valence-electron chi connectivity index (χ0n) is 11.9. The van der Waals surface area contributed by atoms with Gasteiger partial charge in [-0.25, -0.2) is 4.79 Å². The molecule has 1 aliphatic rings. The van der Waals surface area contributed by atoms with Gasteiger partial charge in [0.05, 0.1) is 6.04 Å². The van der Waals surface area contributed by atoms with Crippen LogP contribution >= 0.6 is 0 Å². The molecule has 2 heterocycles. The predicted molar refractivity (Wildman–Crippen MR) is 83.6 cm³/mol. The molecule has 22 heavy (non-hydrogen) atoms. The molecule has 3 rings (SSSR count). The fraction of sp³-hybridized carbons (Fsp3) is 0.188. The second-order valence-electron chi connectivity index (χ2n) is 5.08. The van der Waals surface area contributed by atoms with Crippen LogP contribution in [0.15, 0.2) is 54.9 Å². The van der Waals surface area contributed by atoms with Crippen molar-refractivity contribution in [1.29, 1.82) is 0 Å². The summed E-state index contributed by atoms with van der Waals surface area (Å²) in [6.07, 6.45) is 3.51. The van der Waals surface area contributed by atoms with Crippen LogP contribution in [0.5, 0.6) is 0 Å². The summed E-state index contributed by atoms with van der Waals surface area (Å²) in [4.78, 5) is 29.6. The third-order valence-corrected chi connectivity index (χ3v) is 3.47. The predicted octanol–water partition coefficient (Wildman–Crippen LogP) is 2.01. The van der Waals surface area contributed by atoms with Crippen molar-refractivity contribution in [3.8, 4) is 0 Å². The largest absolute Gasteiger partial charge is 0.333 e. The van der Waals surface area contributed by atoms with E-state index in [-0.39, 0.29) is 18.0 Å². The Balaban J connectivity index is 1.58. The molecule has 1 aromatic heterocycles. The van der Waals surface area contributed by atoms with Crippen LogP contribution in [0.25, 0.3) is 0 Å². The Bertz CT molecular complexity index is 660. The van der Waals surface area contributed by atoms with Crippen molar-refractivity contribution in [1.82, 2.24) is 10.3 Å². The van der Waals surface area contributed by atoms with Gasteiger partial charge >= 0.3 is 6.03 Å². The lowest BCUT2D eigenvalue weighted by molar-refractivity contribution is -0.117. The van der Waals surface area contributed by atoms with Crippen molar-refractivity contribution < 1.29 is 9.59 Å². The lowest BCUT2D eigenvalue weighted by atomic mass is 10.2. The average Bonchev–Trinajstić information content (AvgIpc) is 2.89. The highest BCUT2D eigenvalue weighted by Gasteiger charge is 2.31. The summed E-state index contributed by atoms with van der Waals surface area (Å²) >= 11 is 0. The third-order valence-electron chi connectivity index (χ3n) is 3.47. The highest BCUT2D eigenvalue weighted by Crippen LogP contribution is 2.21. The standard InChI is InChI=1S/C16H16N4O2/c21-15-10-13(11-20(15)14-4-2-1-3-5-14)19-16(22)18-12-6-8-17-9-7-12/h1-9,13H,10-11H2,(H2,17,18,19,22)/t13-/m0/s1. The lowest BCUT2D eigenvalue weighted by Gasteiger charge is -2.17. The number of hydrogen-bond donors (Lipinski definition) is 2. The van der Waals surface area contributed by atoms with E-state index >= 15 is 0 Å². The van der Waals surface area contributed by atoms with Gasteiger partial charge in [0.15, 0.2) is 0 Å². The van der Waals surface area contributed by atoms with Crippen molar-refractivity contribution in [2.24, 2.45) is 0 Å². The minimum atomic E-state index is -0.320. The summed E-state index contributed by atoms with van der Waals surface area (Å²) in [7, 11) is 0. The number of amides is 3. The second-order valence-corrected chi connectivity index (χ2v) is 5.08. The van der Waals surface area contributed by atoms with E-state index in [0.717, 1.165) is 5.69 Å². The van der Waals surface area contributed by atoms with Crippen LogP contribution in [0.4, 0.5) is 16.2 Å². The van der Waals surface area contributed by atoms with Crippen LogP contribution in [0.3, 0.4) is 0 Å². The van der Waals surface area contributed by atoms with E-state index in [1.165, 1.54) is 0 Å². The lowest BCUT2D eigenvalue weighted by Crippen LogP contribution is -2.39. The highest BCUT2D eigenvalue weighted by molar-refractivity contribution is 5.97. The monoisotopic (exact) mass is 296 g/mol. The zero-order chi connectivity index (χ0) is 15.4. The van der Waals surface area contributed by atoms with Crippen LogP contribution in [-0.2, 0) is 4.79 Å². The van der Waals surface area contributed by atoms with Crippen molar-refractivity contribution >= 4 is 23.3 Å². The van der Waals surface area contributed by atoms with Gasteiger partial charge < -0.3 is 15.5 Å². The van der Waals surface area contributed by atoms with E-state index in [2.05, 4.69) is 15.6 Å². The molecule has 0 radical (unpaired) electrons. The summed E-state index contributed by atoms with van der Waals surface area (Å²) in [5, 5.41) is 5.54. The zero-order valence-corrected chi connectivity index (χ0v) is 11.9. The Kier molecular flexibility index (Phi) is 4.00. The van der Waals surface area contributed by atoms with Crippen LogP contribution < -0.4 is 15.5 Å². The number of anilines is 2. The maximum atomic E-state index is 12.1. The molecule has 6 nitrogen and oxygen atoms in total. The van der Waals surface area contributed by atoms with Crippen molar-refractivity contribution in [3.63, 3.8) is 0 Å². The molecule has 0 aliphatic carbocycles. The Morgan fingerprint density at radius 2 is 1.86 bits per heavy atom. The van der Waals surface area contributed by atoms with Gasteiger partial charge in [-0.05, 0) is 24.3 Å². The fourth-order valence-electron chi connectivity index (χ4n) is 2.45. The van der Waals surface area contributed by atoms with Gasteiger partial charge in [-0.15, -0.1) is 0 Å². The number of nitrogens with one attached hydrogen (secondary N) is 2. The number of pyridine rings is 1. The number of para-hydroxylation sites is 1. The molecule has 1 atom stereocenters. The molecule has 0 spiro atoms. The van der Waals surface area contributed by atoms with E-state index < -0.39 is 0 Å². The molecule has 1 fully saturated rings. The maximum absolute atomic E-state index is 12.1. The summed E-state index contributed by atoms with van der Waals surface area (Å²) in [6, 6.07) is 12.3. The Labute approximate surface area is 128 Å². The van der Waals surface area contributed by atoms with E-state index in [9.17, 15) is 9.59 Å². The fourth-order valence-corrected chi connectivity index (χ4v) is 2.45. The normalized spacial score (nSPS) is 17.4. The van der Waals surface area contributed by atoms with Gasteiger partial charge in [-0.2, -0.15) is 0 Å². The van der Waals surface area contributed by atoms with E-state index in [0.29, 0.717) is 18.7 Å². The number of nitrogens with zero attached hydrogens (tertiary/aromatic N) is 2. The van der Waals surface area contributed by atoms with Gasteiger partial charge in [0.2, 0.25) is 5.91 Å². The molecule has 0 bridgehead atoms. The molecule has 1 aromatic carbocycles. The molecular weight excluding hydrogens is 280 g/mol. The molecule has 1 saturated heterocycles. The van der Waals surface area contributed by atoms with Crippen molar-refractivity contribution in [2.75, 3.05) is 16.8 Å². The first kappa shape index (κ1) is 14.1. The van der Waals surface area contributed by atoms with E-state index in [4.69, 9.17) is 0 Å². The van der Waals surface area contributed by atoms with Gasteiger partial charge in [0.25, 0.3) is 0 Å². The van der Waals surface area contributed by atoms with E-state index in [1.54, 1.807) is 29.4 Å². The first-order chi connectivity index (χ1) is 10.7. The molecular formula is C16H16N4O2. The number of rotatable bonds is 3. The van der Waals surface area contributed by atoms with Crippen LogP contribution in [0.2, 0.25) is 0 Å². The van der Waals surface area contributed by atoms with Gasteiger partial charge in [-0.3, -0.25) is 9.78 Å². The quantitative estimate of drug-likeness (QED) is 0.910. The Morgan fingerprint density at radius 1 is 1.14 bits per heavy atom. The van der Waals surface area contributed by atoms with E-state index in [1.807, 2.05) is 30.3 Å². The maximum Gasteiger partial charge on any atom is 0.319 e. The summed E-state index contributed by atoms with van der Waals surface area (Å²) < 4.78 is 0. The first-order valence-electron chi connectivity index (χ1n) is 7.05. The van der Waals surface area contributed by atoms with Crippen LogP contribution in [0.1, 0.15) is 6.42 Å². The summed E-state index contributed by atoms with van der Waals surface area (Å²) in [6.45, 7) is 0.479. The minimum absolute atomic E-state index is 0.0143. The molecule has 0 saturated carbocycles. The molecule has 3 amide bonds. The molecule has 112 valence electrons. The smallest absolute Gasteiger partial charge is 0.319 e. The molecule has 1 aliphatic heterocycles. The number of hydrogen-bond acceptors (Lipinski definition) is 3. The Hall–Kier alpha value is -2.89. The third kappa shape index (κ3) is 3.22. The average molecular weight is 296 g/mol. The van der Waals surface area contributed by atoms with Crippen molar-refractivity contribution in [2.45, 2.75) is 12.5 Å². The van der Waals surface area contributed by atoms with Gasteiger partial charge in [0, 0.05) is 36.7 Å². The van der Waals surface area contributed by atoms with Gasteiger partial charge in [-0.1, -0.05) is 18.2 Å². The minimum Gasteiger partial charge on any atom is -0.333 e. The topological polar surface area (TPSA) is 74.3 Å². The van der Waals surface area contributed by atoms with Crippen LogP contribution in [0, 0.1) is 0 Å². The number of benzene rings is 1. The number of aromatic nitrogens is 1. The summed E-state index contributed by atoms with van der Waals surface area (Å²) in [5.41, 5.74) is 1.52. The van der Waals surface area contributed by atoms with Crippen molar-refractivity contribution in [3.05, 3.63) is 54.9 Å². The molecule has 2 aromatic rings. The Morgan fingerprint density at radius 3 is 2.59 bits per heavy atom. The number of carbonyl (C=O) groups excluding carboxylic acids is 2. The van der Waals surface area contributed by atoms with Crippen LogP contribution in [-0.4, -0.2) is 29.5 Å². The SMILES string of the molecule is O=C(Nc1ccncc1)N[C@H]1CC(=O)N(c2ccccc2)C1. The number of urea groups is 1. The van der Waals surface area contributed by atoms with Gasteiger partial charge in [0.1, 0.15) is 0 Å². The number of carbonyl (C=O) groups is 2. The molecule has 2 N–H and O–H groups in total. The second kappa shape index (κ2) is 6.26. The molecule has 6 heteroatoms. The molecule has 0 unspecified atom stereocenters. The summed E-state index contributed by atoms with van der Waals surface area (Å²) in [5.74, 6) is 0.0143. The first-order valence-corrected chi connectivity index (χ1v) is 7.05.